The van der Waals surface area contributed by atoms with Crippen molar-refractivity contribution in [3.63, 3.8) is 0 Å². The predicted molar refractivity (Wildman–Crippen MR) is 184 cm³/mol. The second kappa shape index (κ2) is 16.7. The Kier molecular flexibility index (Phi) is 16.1. The molecule has 0 aliphatic heterocycles. The zero-order valence-corrected chi connectivity index (χ0v) is 31.7. The molecule has 0 fully saturated rings. The molecule has 272 valence electrons. The maximum absolute atomic E-state index is 11.0. The summed E-state index contributed by atoms with van der Waals surface area (Å²) >= 11 is 0. The van der Waals surface area contributed by atoms with E-state index in [1.807, 2.05) is 12.1 Å². The summed E-state index contributed by atoms with van der Waals surface area (Å²) < 4.78 is 28.9. The molecule has 2 rings (SSSR count). The van der Waals surface area contributed by atoms with Crippen LogP contribution in [0.25, 0.3) is 0 Å². The van der Waals surface area contributed by atoms with E-state index in [1.54, 1.807) is 12.1 Å². The Labute approximate surface area is 280 Å². The summed E-state index contributed by atoms with van der Waals surface area (Å²) in [6, 6.07) is 11.9. The average Bonchev–Trinajstić information content (AvgIpc) is 2.87. The Hall–Kier alpha value is -1.82. The van der Waals surface area contributed by atoms with Crippen LogP contribution in [-0.2, 0) is 39.6 Å². The highest BCUT2D eigenvalue weighted by atomic mass is 31.3. The molecule has 0 bridgehead atoms. The van der Waals surface area contributed by atoms with Crippen molar-refractivity contribution >= 4 is 15.6 Å². The van der Waals surface area contributed by atoms with Crippen LogP contribution in [-0.4, -0.2) is 66.6 Å². The van der Waals surface area contributed by atoms with E-state index < -0.39 is 47.5 Å². The van der Waals surface area contributed by atoms with Crippen molar-refractivity contribution in [2.75, 3.05) is 26.4 Å². The van der Waals surface area contributed by atoms with Crippen LogP contribution < -0.4 is 0 Å². The van der Waals surface area contributed by atoms with E-state index >= 15 is 0 Å². The van der Waals surface area contributed by atoms with Gasteiger partial charge in [-0.05, 0) is 56.0 Å². The van der Waals surface area contributed by atoms with Gasteiger partial charge < -0.3 is 40.2 Å². The number of hydrogen-bond donors (Lipinski definition) is 8. The Morgan fingerprint density at radius 3 is 1.13 bits per heavy atom. The quantitative estimate of drug-likeness (QED) is 0.145. The summed E-state index contributed by atoms with van der Waals surface area (Å²) in [5, 5.41) is 46.2. The highest BCUT2D eigenvalue weighted by Gasteiger charge is 2.37. The lowest BCUT2D eigenvalue weighted by atomic mass is 9.80. The molecule has 0 aliphatic carbocycles. The second-order valence-electron chi connectivity index (χ2n) is 15.8. The van der Waals surface area contributed by atoms with Crippen LogP contribution in [0.3, 0.4) is 0 Å². The van der Waals surface area contributed by atoms with Crippen molar-refractivity contribution < 1.29 is 58.2 Å². The van der Waals surface area contributed by atoms with Crippen molar-refractivity contribution in [1.82, 2.24) is 0 Å². The molecule has 0 radical (unpaired) electrons. The first-order valence-corrected chi connectivity index (χ1v) is 18.1. The molecule has 1 unspecified atom stereocenters. The van der Waals surface area contributed by atoms with Gasteiger partial charge in [-0.3, -0.25) is 4.52 Å². The average molecular weight is 709 g/mol. The minimum Gasteiger partial charge on any atom is -0.508 e. The van der Waals surface area contributed by atoms with E-state index in [0.29, 0.717) is 11.5 Å². The standard InChI is InChI=1S/2C14H22O.C5H14O10P2/c2*1-13(2,3)10-7-8-12(15)11(9-10)14(4,5)6;6-1-5(2-7,3-8)4-14-17(12,13)15-16(9,10)11/h2*7-9,15H,1-6H3;6-8H,1-4H2,(H,12,13)(H2,9,10,11). The summed E-state index contributed by atoms with van der Waals surface area (Å²) in [6.45, 7) is 22.7. The van der Waals surface area contributed by atoms with E-state index in [1.165, 1.54) is 11.1 Å². The van der Waals surface area contributed by atoms with Crippen molar-refractivity contribution in [2.24, 2.45) is 5.41 Å². The van der Waals surface area contributed by atoms with Gasteiger partial charge in [-0.2, -0.15) is 4.31 Å². The van der Waals surface area contributed by atoms with Gasteiger partial charge in [0.2, 0.25) is 0 Å². The molecule has 0 aromatic heterocycles. The van der Waals surface area contributed by atoms with Crippen molar-refractivity contribution in [3.8, 4) is 11.5 Å². The highest BCUT2D eigenvalue weighted by Crippen LogP contribution is 2.58. The number of phenolic OH excluding ortho intramolecular Hbond substituents is 2. The molecule has 14 heteroatoms. The second-order valence-corrected chi connectivity index (χ2v) is 18.6. The van der Waals surface area contributed by atoms with Gasteiger partial charge in [-0.25, -0.2) is 9.13 Å². The first kappa shape index (κ1) is 45.2. The zero-order chi connectivity index (χ0) is 37.4. The Morgan fingerprint density at radius 2 is 0.894 bits per heavy atom. The first-order chi connectivity index (χ1) is 20.8. The van der Waals surface area contributed by atoms with Crippen LogP contribution in [0.4, 0.5) is 0 Å². The molecule has 0 spiro atoms. The maximum Gasteiger partial charge on any atom is 0.481 e. The van der Waals surface area contributed by atoms with Crippen molar-refractivity contribution in [3.05, 3.63) is 58.7 Å². The summed E-state index contributed by atoms with van der Waals surface area (Å²) in [5.41, 5.74) is 3.22. The molecular weight excluding hydrogens is 650 g/mol. The van der Waals surface area contributed by atoms with Gasteiger partial charge >= 0.3 is 15.6 Å². The number of aromatic hydroxyl groups is 2. The molecule has 47 heavy (non-hydrogen) atoms. The topological polar surface area (TPSA) is 214 Å². The molecule has 1 atom stereocenters. The summed E-state index contributed by atoms with van der Waals surface area (Å²) in [7, 11) is -10.3. The van der Waals surface area contributed by atoms with Crippen LogP contribution in [0.5, 0.6) is 11.5 Å². The van der Waals surface area contributed by atoms with Crippen LogP contribution >= 0.6 is 15.6 Å². The molecule has 0 saturated carbocycles. The van der Waals surface area contributed by atoms with Gasteiger partial charge in [0, 0.05) is 0 Å². The smallest absolute Gasteiger partial charge is 0.481 e. The fraction of sp³-hybridized carbons (Fsp3) is 0.636. The molecular formula is C33H58O12P2. The third-order valence-corrected chi connectivity index (χ3v) is 9.22. The van der Waals surface area contributed by atoms with Crippen LogP contribution in [0, 0.1) is 5.41 Å². The lowest BCUT2D eigenvalue weighted by molar-refractivity contribution is -0.0316. The first-order valence-electron chi connectivity index (χ1n) is 15.1. The molecule has 2 aromatic carbocycles. The number of benzene rings is 2. The van der Waals surface area contributed by atoms with Crippen LogP contribution in [0.15, 0.2) is 36.4 Å². The van der Waals surface area contributed by atoms with E-state index in [2.05, 4.69) is 104 Å². The van der Waals surface area contributed by atoms with E-state index in [0.717, 1.165) is 11.1 Å². The largest absolute Gasteiger partial charge is 0.508 e. The van der Waals surface area contributed by atoms with Gasteiger partial charge in [0.25, 0.3) is 0 Å². The molecule has 0 saturated heterocycles. The fourth-order valence-electron chi connectivity index (χ4n) is 3.87. The van der Waals surface area contributed by atoms with Gasteiger partial charge in [-0.1, -0.05) is 107 Å². The zero-order valence-electron chi connectivity index (χ0n) is 29.9. The molecule has 12 nitrogen and oxygen atoms in total. The normalized spacial score (nSPS) is 14.3. The molecule has 0 aliphatic rings. The van der Waals surface area contributed by atoms with Crippen LogP contribution in [0.2, 0.25) is 0 Å². The Bertz CT molecular complexity index is 1290. The predicted octanol–water partition coefficient (Wildman–Crippen LogP) is 6.15. The summed E-state index contributed by atoms with van der Waals surface area (Å²) in [6.07, 6.45) is 0. The van der Waals surface area contributed by atoms with Crippen molar-refractivity contribution in [1.29, 1.82) is 0 Å². The number of rotatable bonds is 8. The van der Waals surface area contributed by atoms with Gasteiger partial charge in [0.15, 0.2) is 0 Å². The van der Waals surface area contributed by atoms with E-state index in [9.17, 15) is 19.3 Å². The van der Waals surface area contributed by atoms with E-state index in [4.69, 9.17) is 30.0 Å². The number of hydrogen-bond acceptors (Lipinski definition) is 9. The van der Waals surface area contributed by atoms with Crippen LogP contribution in [0.1, 0.15) is 105 Å². The number of phenols is 2. The minimum absolute atomic E-state index is 0.00859. The molecule has 0 heterocycles. The number of aliphatic hydroxyl groups excluding tert-OH is 3. The molecule has 2 aromatic rings. The number of phosphoric acid groups is 2. The Morgan fingerprint density at radius 1 is 0.574 bits per heavy atom. The third-order valence-electron chi connectivity index (χ3n) is 7.09. The maximum atomic E-state index is 11.0. The highest BCUT2D eigenvalue weighted by molar-refractivity contribution is 7.60. The summed E-state index contributed by atoms with van der Waals surface area (Å²) in [5.74, 6) is 0.797. The van der Waals surface area contributed by atoms with Crippen molar-refractivity contribution in [2.45, 2.75) is 105 Å². The molecule has 0 amide bonds. The molecule has 8 N–H and O–H groups in total. The van der Waals surface area contributed by atoms with Gasteiger partial charge in [0.05, 0.1) is 31.8 Å². The Balaban J connectivity index is 0.000000677. The SMILES string of the molecule is CC(C)(C)c1ccc(O)c(C(C)(C)C)c1.CC(C)(C)c1ccc(O)c(C(C)(C)C)c1.O=P(O)(O)OP(=O)(O)OCC(CO)(CO)CO. The number of phosphoric ester groups is 1. The third kappa shape index (κ3) is 16.0. The lowest BCUT2D eigenvalue weighted by Gasteiger charge is -2.27. The van der Waals surface area contributed by atoms with Gasteiger partial charge in [-0.15, -0.1) is 0 Å². The monoisotopic (exact) mass is 708 g/mol. The lowest BCUT2D eigenvalue weighted by Crippen LogP contribution is -2.38. The number of aliphatic hydroxyl groups is 3. The summed E-state index contributed by atoms with van der Waals surface area (Å²) in [4.78, 5) is 25.4. The van der Waals surface area contributed by atoms with Gasteiger partial charge in [0.1, 0.15) is 11.5 Å². The van der Waals surface area contributed by atoms with E-state index in [-0.39, 0.29) is 21.7 Å². The fourth-order valence-corrected chi connectivity index (χ4v) is 5.57. The minimum atomic E-state index is -5.22.